The Kier molecular flexibility index (Phi) is 5.15. The van der Waals surface area contributed by atoms with E-state index in [0.717, 1.165) is 17.6 Å². The zero-order valence-corrected chi connectivity index (χ0v) is 13.5. The predicted octanol–water partition coefficient (Wildman–Crippen LogP) is -1.42. The van der Waals surface area contributed by atoms with Gasteiger partial charge in [-0.3, -0.25) is 0 Å². The number of amides is 1. The SMILES string of the molecule is CC(C)(C)OC(=O)N1C[CH]([Zn+])C1.[I-]. The molecule has 0 spiro atoms. The standard InChI is InChI=1S/C8H14NO2.HI.Zn/c1-8(2,3)11-7(10)9-5-4-6-9;;/h4H,5-6H2,1-3H3;1H;/q;;+1/p-1. The molecule has 13 heavy (non-hydrogen) atoms. The second kappa shape index (κ2) is 4.92. The van der Waals surface area contributed by atoms with Crippen molar-refractivity contribution in [2.75, 3.05) is 13.1 Å². The van der Waals surface area contributed by atoms with Gasteiger partial charge in [0.1, 0.15) is 0 Å². The third-order valence-corrected chi connectivity index (χ3v) is 2.69. The Labute approximate surface area is 106 Å². The fourth-order valence-electron chi connectivity index (χ4n) is 1.05. The van der Waals surface area contributed by atoms with Gasteiger partial charge in [0.15, 0.2) is 0 Å². The van der Waals surface area contributed by atoms with Crippen LogP contribution in [-0.2, 0) is 23.0 Å². The maximum Gasteiger partial charge on any atom is -1.00 e. The van der Waals surface area contributed by atoms with Crippen LogP contribution in [0.4, 0.5) is 4.79 Å². The van der Waals surface area contributed by atoms with Crippen LogP contribution in [0.15, 0.2) is 0 Å². The van der Waals surface area contributed by atoms with Crippen LogP contribution >= 0.6 is 0 Å². The van der Waals surface area contributed by atoms with Gasteiger partial charge in [-0.05, 0) is 0 Å². The number of carbonyl (C=O) groups excluding carboxylic acids is 1. The van der Waals surface area contributed by atoms with Gasteiger partial charge in [-0.25, -0.2) is 0 Å². The van der Waals surface area contributed by atoms with Crippen molar-refractivity contribution in [2.45, 2.75) is 30.9 Å². The first-order chi connectivity index (χ1) is 5.38. The molecule has 0 aromatic rings. The Morgan fingerprint density at radius 1 is 1.46 bits per heavy atom. The number of halogens is 1. The number of rotatable bonds is 0. The van der Waals surface area contributed by atoms with Crippen LogP contribution in [0.2, 0.25) is 4.51 Å². The van der Waals surface area contributed by atoms with Gasteiger partial charge in [-0.1, -0.05) is 0 Å². The van der Waals surface area contributed by atoms with Crippen LogP contribution in [0.1, 0.15) is 20.8 Å². The summed E-state index contributed by atoms with van der Waals surface area (Å²) in [6.45, 7) is 7.47. The normalized spacial score (nSPS) is 17.5. The van der Waals surface area contributed by atoms with Crippen molar-refractivity contribution in [1.82, 2.24) is 4.90 Å². The van der Waals surface area contributed by atoms with E-state index < -0.39 is 0 Å². The maximum atomic E-state index is 11.3. The summed E-state index contributed by atoms with van der Waals surface area (Å²) in [5, 5.41) is 0. The average molecular weight is 348 g/mol. The van der Waals surface area contributed by atoms with Gasteiger partial charge in [0.25, 0.3) is 0 Å². The zero-order chi connectivity index (χ0) is 9.35. The Hall–Kier alpha value is 0.623. The molecule has 0 atom stereocenters. The van der Waals surface area contributed by atoms with Crippen molar-refractivity contribution in [1.29, 1.82) is 0 Å². The van der Waals surface area contributed by atoms with E-state index in [-0.39, 0.29) is 35.7 Å². The zero-order valence-electron chi connectivity index (χ0n) is 8.34. The molecule has 1 aliphatic heterocycles. The first-order valence-electron chi connectivity index (χ1n) is 4.19. The summed E-state index contributed by atoms with van der Waals surface area (Å²) in [5.74, 6) is 0. The van der Waals surface area contributed by atoms with Crippen LogP contribution in [0.3, 0.4) is 0 Å². The molecule has 0 aliphatic carbocycles. The molecule has 0 aromatic carbocycles. The third-order valence-electron chi connectivity index (χ3n) is 1.61. The molecule has 0 unspecified atom stereocenters. The number of likely N-dealkylation sites (tertiary alicyclic amines) is 1. The van der Waals surface area contributed by atoms with Gasteiger partial charge >= 0.3 is 82.8 Å². The van der Waals surface area contributed by atoms with Gasteiger partial charge in [0.05, 0.1) is 0 Å². The average Bonchev–Trinajstić information content (AvgIpc) is 1.76. The fourth-order valence-corrected chi connectivity index (χ4v) is 2.35. The van der Waals surface area contributed by atoms with Gasteiger partial charge in [0, 0.05) is 0 Å². The summed E-state index contributed by atoms with van der Waals surface area (Å²) < 4.78 is 5.95. The minimum atomic E-state index is -0.355. The summed E-state index contributed by atoms with van der Waals surface area (Å²) in [6.07, 6.45) is -0.160. The monoisotopic (exact) mass is 347 g/mol. The minimum Gasteiger partial charge on any atom is -1.00 e. The molecule has 3 nitrogen and oxygen atoms in total. The molecule has 0 radical (unpaired) electrons. The van der Waals surface area contributed by atoms with E-state index >= 15 is 0 Å². The number of carbonyl (C=O) groups is 1. The smallest absolute Gasteiger partial charge is 1.00 e. The molecule has 0 bridgehead atoms. The molecule has 1 aliphatic rings. The number of hydrogen-bond acceptors (Lipinski definition) is 2. The van der Waals surface area contributed by atoms with E-state index in [9.17, 15) is 4.79 Å². The Balaban J connectivity index is 0.00000144. The maximum absolute atomic E-state index is 11.3. The van der Waals surface area contributed by atoms with Crippen LogP contribution in [0.25, 0.3) is 0 Å². The molecule has 72 valence electrons. The predicted molar refractivity (Wildman–Crippen MR) is 41.6 cm³/mol. The third kappa shape index (κ3) is 4.59. The summed E-state index contributed by atoms with van der Waals surface area (Å²) in [7, 11) is 0. The Bertz CT molecular complexity index is 187. The van der Waals surface area contributed by atoms with Crippen molar-refractivity contribution in [3.63, 3.8) is 0 Å². The fraction of sp³-hybridized carbons (Fsp3) is 0.875. The van der Waals surface area contributed by atoms with Crippen LogP contribution in [-0.4, -0.2) is 29.7 Å². The van der Waals surface area contributed by atoms with Crippen LogP contribution in [0.5, 0.6) is 0 Å². The summed E-state index contributed by atoms with van der Waals surface area (Å²) in [5.41, 5.74) is -0.355. The van der Waals surface area contributed by atoms with Gasteiger partial charge in [0.2, 0.25) is 0 Å². The Morgan fingerprint density at radius 3 is 2.23 bits per heavy atom. The molecular formula is C8H14INO2Zn. The van der Waals surface area contributed by atoms with Crippen molar-refractivity contribution in [3.8, 4) is 0 Å². The van der Waals surface area contributed by atoms with E-state index in [1.165, 1.54) is 18.3 Å². The largest absolute Gasteiger partial charge is 1.00 e. The number of ether oxygens (including phenoxy) is 1. The van der Waals surface area contributed by atoms with E-state index in [1.54, 1.807) is 4.90 Å². The molecule has 0 saturated carbocycles. The summed E-state index contributed by atoms with van der Waals surface area (Å²) in [6, 6.07) is 0. The summed E-state index contributed by atoms with van der Waals surface area (Å²) in [4.78, 5) is 13.1. The summed E-state index contributed by atoms with van der Waals surface area (Å²) >= 11 is 1.28. The molecule has 0 N–H and O–H groups in total. The van der Waals surface area contributed by atoms with Crippen molar-refractivity contribution in [3.05, 3.63) is 0 Å². The van der Waals surface area contributed by atoms with Crippen LogP contribution < -0.4 is 24.0 Å². The van der Waals surface area contributed by atoms with E-state index in [0.29, 0.717) is 0 Å². The van der Waals surface area contributed by atoms with Crippen LogP contribution in [0, 0.1) is 0 Å². The van der Waals surface area contributed by atoms with E-state index in [4.69, 9.17) is 4.74 Å². The van der Waals surface area contributed by atoms with Gasteiger partial charge < -0.3 is 24.0 Å². The minimum absolute atomic E-state index is 0. The number of hydrogen-bond donors (Lipinski definition) is 0. The molecule has 5 heteroatoms. The topological polar surface area (TPSA) is 29.5 Å². The van der Waals surface area contributed by atoms with Crippen molar-refractivity contribution >= 4 is 6.09 Å². The Morgan fingerprint density at radius 2 is 1.92 bits per heavy atom. The van der Waals surface area contributed by atoms with Gasteiger partial charge in [-0.15, -0.1) is 0 Å². The molecule has 1 amide bonds. The second-order valence-corrected chi connectivity index (χ2v) is 6.67. The number of nitrogens with zero attached hydrogens (tertiary/aromatic N) is 1. The quantitative estimate of drug-likeness (QED) is 0.397. The molecule has 1 saturated heterocycles. The molecule has 1 fully saturated rings. The first-order valence-corrected chi connectivity index (χ1v) is 5.91. The van der Waals surface area contributed by atoms with Crippen molar-refractivity contribution in [2.24, 2.45) is 0 Å². The van der Waals surface area contributed by atoms with E-state index in [1.807, 2.05) is 20.8 Å². The second-order valence-electron chi connectivity index (χ2n) is 4.25. The van der Waals surface area contributed by atoms with Crippen molar-refractivity contribution < 1.29 is 51.8 Å². The van der Waals surface area contributed by atoms with E-state index in [2.05, 4.69) is 0 Å². The first kappa shape index (κ1) is 13.6. The molecule has 0 aromatic heterocycles. The molecule has 1 rings (SSSR count). The molecule has 1 heterocycles. The molecular weight excluding hydrogens is 334 g/mol. The van der Waals surface area contributed by atoms with Gasteiger partial charge in [-0.2, -0.15) is 0 Å².